The van der Waals surface area contributed by atoms with E-state index in [1.807, 2.05) is 0 Å². The third kappa shape index (κ3) is 2.50. The minimum atomic E-state index is -4.22. The van der Waals surface area contributed by atoms with E-state index in [0.717, 1.165) is 7.85 Å². The van der Waals surface area contributed by atoms with Crippen molar-refractivity contribution in [2.24, 2.45) is 5.73 Å². The smallest absolute Gasteiger partial charge is 0.327 e. The first-order chi connectivity index (χ1) is 2.94. The van der Waals surface area contributed by atoms with E-state index in [9.17, 15) is 13.2 Å². The molecule has 0 aromatic carbocycles. The van der Waals surface area contributed by atoms with E-state index in [-0.39, 0.29) is 0 Å². The van der Waals surface area contributed by atoms with Crippen LogP contribution in [0.2, 0.25) is 0 Å². The summed E-state index contributed by atoms with van der Waals surface area (Å²) >= 11 is 0. The molecule has 42 valence electrons. The van der Waals surface area contributed by atoms with Crippen LogP contribution in [0.15, 0.2) is 0 Å². The highest BCUT2D eigenvalue weighted by atomic mass is 19.4. The van der Waals surface area contributed by atoms with Gasteiger partial charge in [0.2, 0.25) is 0 Å². The molecule has 1 unspecified atom stereocenters. The lowest BCUT2D eigenvalue weighted by Crippen LogP contribution is -2.37. The first-order valence-electron chi connectivity index (χ1n) is 1.77. The molecular weight excluding hydrogens is 106 g/mol. The van der Waals surface area contributed by atoms with Crippen LogP contribution >= 0.6 is 0 Å². The van der Waals surface area contributed by atoms with Crippen LogP contribution in [0, 0.1) is 0 Å². The SMILES string of the molecule is BC(N)C(F)(F)F. The fourth-order valence-corrected chi connectivity index (χ4v) is 0. The summed E-state index contributed by atoms with van der Waals surface area (Å²) in [6, 6.07) is 0. The van der Waals surface area contributed by atoms with Gasteiger partial charge in [-0.1, -0.05) is 0 Å². The number of hydrogen-bond acceptors (Lipinski definition) is 1. The Morgan fingerprint density at radius 2 is 1.57 bits per heavy atom. The Balaban J connectivity index is 3.54. The number of rotatable bonds is 0. The first kappa shape index (κ1) is 6.81. The number of alkyl halides is 3. The van der Waals surface area contributed by atoms with E-state index in [0.29, 0.717) is 0 Å². The molecule has 0 bridgehead atoms. The number of halogens is 3. The van der Waals surface area contributed by atoms with Crippen molar-refractivity contribution in [1.29, 1.82) is 0 Å². The van der Waals surface area contributed by atoms with Crippen LogP contribution < -0.4 is 5.73 Å². The van der Waals surface area contributed by atoms with Gasteiger partial charge in [-0.05, 0) is 0 Å². The third-order valence-corrected chi connectivity index (χ3v) is 0.516. The van der Waals surface area contributed by atoms with E-state index in [1.54, 1.807) is 0 Å². The zero-order valence-corrected chi connectivity index (χ0v) is 3.79. The lowest BCUT2D eigenvalue weighted by atomic mass is 9.98. The standard InChI is InChI=1S/C2H5BF3N/c3-1(7)2(4,5)6/h1H,3,7H2. The maximum absolute atomic E-state index is 11.1. The van der Waals surface area contributed by atoms with E-state index in [1.165, 1.54) is 0 Å². The molecule has 0 aliphatic rings. The highest BCUT2D eigenvalue weighted by Crippen LogP contribution is 2.15. The lowest BCUT2D eigenvalue weighted by molar-refractivity contribution is -0.129. The van der Waals surface area contributed by atoms with Gasteiger partial charge in [-0.15, -0.1) is 0 Å². The normalized spacial score (nSPS) is 16.6. The number of hydrogen-bond donors (Lipinski definition) is 1. The van der Waals surface area contributed by atoms with Crippen LogP contribution in [-0.2, 0) is 0 Å². The summed E-state index contributed by atoms with van der Waals surface area (Å²) < 4.78 is 33.2. The van der Waals surface area contributed by atoms with Crippen molar-refractivity contribution in [3.8, 4) is 0 Å². The van der Waals surface area contributed by atoms with E-state index >= 15 is 0 Å². The average Bonchev–Trinajstić information content (AvgIpc) is 1.31. The molecule has 1 atom stereocenters. The van der Waals surface area contributed by atoms with Crippen LogP contribution in [0.3, 0.4) is 0 Å². The van der Waals surface area contributed by atoms with Crippen molar-refractivity contribution in [3.63, 3.8) is 0 Å². The van der Waals surface area contributed by atoms with Crippen molar-refractivity contribution in [3.05, 3.63) is 0 Å². The van der Waals surface area contributed by atoms with Crippen molar-refractivity contribution in [1.82, 2.24) is 0 Å². The van der Waals surface area contributed by atoms with Crippen molar-refractivity contribution >= 4 is 7.85 Å². The Kier molecular flexibility index (Phi) is 1.69. The van der Waals surface area contributed by atoms with Crippen LogP contribution in [0.5, 0.6) is 0 Å². The molecule has 0 rings (SSSR count). The van der Waals surface area contributed by atoms with Gasteiger partial charge in [0.25, 0.3) is 0 Å². The zero-order chi connectivity index (χ0) is 6.08. The quantitative estimate of drug-likeness (QED) is 0.417. The van der Waals surface area contributed by atoms with Crippen LogP contribution in [0.4, 0.5) is 13.2 Å². The van der Waals surface area contributed by atoms with Crippen LogP contribution in [-0.4, -0.2) is 20.0 Å². The second-order valence-electron chi connectivity index (χ2n) is 1.33. The molecule has 7 heavy (non-hydrogen) atoms. The van der Waals surface area contributed by atoms with Gasteiger partial charge in [-0.25, -0.2) is 0 Å². The summed E-state index contributed by atoms with van der Waals surface area (Å²) in [4.78, 5) is 0. The molecule has 0 aliphatic carbocycles. The Hall–Kier alpha value is -0.185. The fraction of sp³-hybridized carbons (Fsp3) is 1.00. The van der Waals surface area contributed by atoms with Crippen LogP contribution in [0.25, 0.3) is 0 Å². The van der Waals surface area contributed by atoms with E-state index < -0.39 is 12.1 Å². The molecule has 0 amide bonds. The molecule has 0 aromatic rings. The summed E-state index contributed by atoms with van der Waals surface area (Å²) in [5.41, 5.74) is 4.44. The molecule has 0 saturated heterocycles. The Bertz CT molecular complexity index is 58.4. The first-order valence-corrected chi connectivity index (χ1v) is 1.77. The summed E-state index contributed by atoms with van der Waals surface area (Å²) in [6.45, 7) is 0. The summed E-state index contributed by atoms with van der Waals surface area (Å²) in [6.07, 6.45) is -4.22. The lowest BCUT2D eigenvalue weighted by Gasteiger charge is -2.07. The van der Waals surface area contributed by atoms with Crippen LogP contribution in [0.1, 0.15) is 0 Å². The highest BCUT2D eigenvalue weighted by Gasteiger charge is 2.32. The Morgan fingerprint density at radius 1 is 1.43 bits per heavy atom. The van der Waals surface area contributed by atoms with Gasteiger partial charge in [-0.2, -0.15) is 13.2 Å². The molecule has 1 nitrogen and oxygen atoms in total. The molecule has 0 aliphatic heterocycles. The molecule has 0 saturated carbocycles. The monoisotopic (exact) mass is 111 g/mol. The van der Waals surface area contributed by atoms with Gasteiger partial charge < -0.3 is 5.73 Å². The van der Waals surface area contributed by atoms with Gasteiger partial charge >= 0.3 is 6.18 Å². The molecule has 0 spiro atoms. The van der Waals surface area contributed by atoms with Crippen molar-refractivity contribution in [2.45, 2.75) is 12.1 Å². The fourth-order valence-electron chi connectivity index (χ4n) is 0. The summed E-state index contributed by atoms with van der Waals surface area (Å²) in [5.74, 6) is -1.70. The summed E-state index contributed by atoms with van der Waals surface area (Å²) in [5, 5.41) is 0. The molecule has 2 N–H and O–H groups in total. The average molecular weight is 111 g/mol. The van der Waals surface area contributed by atoms with E-state index in [4.69, 9.17) is 0 Å². The maximum Gasteiger partial charge on any atom is 0.396 e. The highest BCUT2D eigenvalue weighted by molar-refractivity contribution is 6.12. The molecule has 5 heteroatoms. The van der Waals surface area contributed by atoms with Crippen molar-refractivity contribution in [2.75, 3.05) is 0 Å². The van der Waals surface area contributed by atoms with Crippen molar-refractivity contribution < 1.29 is 13.2 Å². The van der Waals surface area contributed by atoms with Gasteiger partial charge in [0.05, 0.1) is 5.94 Å². The zero-order valence-electron chi connectivity index (χ0n) is 3.79. The second-order valence-corrected chi connectivity index (χ2v) is 1.33. The van der Waals surface area contributed by atoms with Gasteiger partial charge in [-0.3, -0.25) is 0 Å². The Labute approximate surface area is 40.1 Å². The molecular formula is C2H5BF3N. The maximum atomic E-state index is 11.1. The van der Waals surface area contributed by atoms with Gasteiger partial charge in [0.1, 0.15) is 7.85 Å². The molecule has 0 fully saturated rings. The summed E-state index contributed by atoms with van der Waals surface area (Å²) in [7, 11) is 0.903. The topological polar surface area (TPSA) is 26.0 Å². The molecule has 0 heterocycles. The predicted octanol–water partition coefficient (Wildman–Crippen LogP) is -0.533. The molecule has 0 radical (unpaired) electrons. The van der Waals surface area contributed by atoms with E-state index in [2.05, 4.69) is 5.73 Å². The van der Waals surface area contributed by atoms with Gasteiger partial charge in [0, 0.05) is 0 Å². The predicted molar refractivity (Wildman–Crippen MR) is 22.6 cm³/mol. The largest absolute Gasteiger partial charge is 0.396 e. The minimum Gasteiger partial charge on any atom is -0.327 e. The van der Waals surface area contributed by atoms with Gasteiger partial charge in [0.15, 0.2) is 0 Å². The Morgan fingerprint density at radius 3 is 1.57 bits per heavy atom. The minimum absolute atomic E-state index is 0.903. The number of nitrogens with two attached hydrogens (primary N) is 1. The second kappa shape index (κ2) is 1.73. The molecule has 0 aromatic heterocycles. The third-order valence-electron chi connectivity index (χ3n) is 0.516.